The molecule has 2 aromatic rings. The molecule has 152 valence electrons. The monoisotopic (exact) mass is 409 g/mol. The zero-order valence-electron chi connectivity index (χ0n) is 17.1. The Bertz CT molecular complexity index is 940. The third kappa shape index (κ3) is 4.37. The Kier molecular flexibility index (Phi) is 5.21. The minimum atomic E-state index is -0.266. The summed E-state index contributed by atoms with van der Waals surface area (Å²) < 4.78 is 6.16. The van der Waals surface area contributed by atoms with Crippen LogP contribution in [0, 0.1) is 6.92 Å². The number of rotatable bonds is 3. The van der Waals surface area contributed by atoms with Crippen molar-refractivity contribution < 1.29 is 9.53 Å². The number of carbonyl (C=O) groups excluding carboxylic acids is 1. The minimum Gasteiger partial charge on any atom is -0.487 e. The van der Waals surface area contributed by atoms with Crippen LogP contribution in [-0.2, 0) is 4.79 Å². The lowest BCUT2D eigenvalue weighted by molar-refractivity contribution is -0.117. The van der Waals surface area contributed by atoms with E-state index in [1.54, 1.807) is 0 Å². The van der Waals surface area contributed by atoms with E-state index in [4.69, 9.17) is 17.0 Å². The van der Waals surface area contributed by atoms with Crippen LogP contribution in [0.5, 0.6) is 5.75 Å². The summed E-state index contributed by atoms with van der Waals surface area (Å²) in [5.41, 5.74) is 3.87. The second kappa shape index (κ2) is 7.67. The first-order valence-corrected chi connectivity index (χ1v) is 10.5. The number of ether oxygens (including phenoxy) is 1. The molecule has 4 rings (SSSR count). The molecule has 0 spiro atoms. The van der Waals surface area contributed by atoms with Crippen molar-refractivity contribution in [2.24, 2.45) is 0 Å². The Morgan fingerprint density at radius 3 is 2.66 bits per heavy atom. The van der Waals surface area contributed by atoms with Gasteiger partial charge >= 0.3 is 0 Å². The van der Waals surface area contributed by atoms with Gasteiger partial charge in [-0.2, -0.15) is 0 Å². The number of nitrogens with zero attached hydrogens (tertiary/aromatic N) is 1. The SMILES string of the molecule is Cc1ccc2c(c1)OC(C)(C)C[C@@H]2NC(=S)Nc1ccc(N2CCCC2=O)cc1. The predicted octanol–water partition coefficient (Wildman–Crippen LogP) is 4.71. The highest BCUT2D eigenvalue weighted by Crippen LogP contribution is 2.40. The molecule has 1 amide bonds. The van der Waals surface area contributed by atoms with Gasteiger partial charge in [0.2, 0.25) is 5.91 Å². The van der Waals surface area contributed by atoms with Crippen LogP contribution in [0.4, 0.5) is 11.4 Å². The van der Waals surface area contributed by atoms with Crippen molar-refractivity contribution in [2.75, 3.05) is 16.8 Å². The van der Waals surface area contributed by atoms with Crippen LogP contribution in [0.2, 0.25) is 0 Å². The largest absolute Gasteiger partial charge is 0.487 e. The number of nitrogens with one attached hydrogen (secondary N) is 2. The molecule has 2 N–H and O–H groups in total. The van der Waals surface area contributed by atoms with Gasteiger partial charge in [-0.1, -0.05) is 12.1 Å². The van der Waals surface area contributed by atoms with Crippen LogP contribution in [0.3, 0.4) is 0 Å². The van der Waals surface area contributed by atoms with Gasteiger partial charge in [0.25, 0.3) is 0 Å². The molecular weight excluding hydrogens is 382 g/mol. The number of fused-ring (bicyclic) bond motifs is 1. The number of aryl methyl sites for hydroxylation is 1. The maximum absolute atomic E-state index is 11.9. The first-order valence-electron chi connectivity index (χ1n) is 10.1. The van der Waals surface area contributed by atoms with Crippen LogP contribution in [-0.4, -0.2) is 23.2 Å². The van der Waals surface area contributed by atoms with Gasteiger partial charge < -0.3 is 20.3 Å². The van der Waals surface area contributed by atoms with Crippen molar-refractivity contribution in [3.63, 3.8) is 0 Å². The molecule has 0 radical (unpaired) electrons. The van der Waals surface area contributed by atoms with Gasteiger partial charge in [-0.15, -0.1) is 0 Å². The lowest BCUT2D eigenvalue weighted by Crippen LogP contribution is -2.42. The number of hydrogen-bond donors (Lipinski definition) is 2. The third-order valence-electron chi connectivity index (χ3n) is 5.44. The number of thiocarbonyl (C=S) groups is 1. The van der Waals surface area contributed by atoms with Gasteiger partial charge in [0, 0.05) is 36.3 Å². The fraction of sp³-hybridized carbons (Fsp3) is 0.391. The Hall–Kier alpha value is -2.60. The molecule has 0 saturated carbocycles. The normalized spacial score (nSPS) is 20.0. The fourth-order valence-corrected chi connectivity index (χ4v) is 4.32. The zero-order valence-corrected chi connectivity index (χ0v) is 17.9. The number of anilines is 2. The highest BCUT2D eigenvalue weighted by molar-refractivity contribution is 7.80. The van der Waals surface area contributed by atoms with E-state index in [0.29, 0.717) is 11.5 Å². The third-order valence-corrected chi connectivity index (χ3v) is 5.66. The summed E-state index contributed by atoms with van der Waals surface area (Å²) >= 11 is 5.58. The van der Waals surface area contributed by atoms with E-state index < -0.39 is 0 Å². The van der Waals surface area contributed by atoms with Gasteiger partial charge in [-0.25, -0.2) is 0 Å². The lowest BCUT2D eigenvalue weighted by Gasteiger charge is -2.38. The molecule has 5 nitrogen and oxygen atoms in total. The number of hydrogen-bond acceptors (Lipinski definition) is 3. The molecule has 6 heteroatoms. The molecule has 1 saturated heterocycles. The molecule has 2 heterocycles. The summed E-state index contributed by atoms with van der Waals surface area (Å²) in [7, 11) is 0. The van der Waals surface area contributed by atoms with E-state index >= 15 is 0 Å². The Balaban J connectivity index is 1.44. The molecule has 2 aliphatic rings. The number of amides is 1. The van der Waals surface area contributed by atoms with Crippen molar-refractivity contribution in [1.82, 2.24) is 5.32 Å². The van der Waals surface area contributed by atoms with Gasteiger partial charge in [0.05, 0.1) is 6.04 Å². The molecule has 2 aliphatic heterocycles. The smallest absolute Gasteiger partial charge is 0.227 e. The summed E-state index contributed by atoms with van der Waals surface area (Å²) in [6.07, 6.45) is 2.38. The molecule has 1 fully saturated rings. The van der Waals surface area contributed by atoms with Crippen LogP contribution in [0.1, 0.15) is 50.3 Å². The number of carbonyl (C=O) groups is 1. The van der Waals surface area contributed by atoms with E-state index in [9.17, 15) is 4.79 Å². The molecular formula is C23H27N3O2S. The summed E-state index contributed by atoms with van der Waals surface area (Å²) in [4.78, 5) is 13.7. The topological polar surface area (TPSA) is 53.6 Å². The first-order chi connectivity index (χ1) is 13.8. The van der Waals surface area contributed by atoms with Gasteiger partial charge in [0.1, 0.15) is 11.4 Å². The summed E-state index contributed by atoms with van der Waals surface area (Å²) in [5.74, 6) is 1.11. The second-order valence-electron chi connectivity index (χ2n) is 8.45. The lowest BCUT2D eigenvalue weighted by atomic mass is 9.89. The molecule has 29 heavy (non-hydrogen) atoms. The van der Waals surface area contributed by atoms with Crippen LogP contribution >= 0.6 is 12.2 Å². The molecule has 2 aromatic carbocycles. The Morgan fingerprint density at radius 1 is 1.21 bits per heavy atom. The van der Waals surface area contributed by atoms with Crippen LogP contribution in [0.15, 0.2) is 42.5 Å². The number of benzene rings is 2. The Morgan fingerprint density at radius 2 is 1.97 bits per heavy atom. The predicted molar refractivity (Wildman–Crippen MR) is 121 cm³/mol. The standard InChI is InChI=1S/C23H27N3O2S/c1-15-6-11-18-19(14-23(2,3)28-20(18)13-15)25-22(29)24-16-7-9-17(10-8-16)26-12-4-5-21(26)27/h6-11,13,19H,4-5,12,14H2,1-3H3,(H2,24,25,29)/t19-/m0/s1. The summed E-state index contributed by atoms with van der Waals surface area (Å²) in [6.45, 7) is 7.06. The van der Waals surface area contributed by atoms with Crippen LogP contribution in [0.25, 0.3) is 0 Å². The van der Waals surface area contributed by atoms with E-state index in [0.717, 1.165) is 42.1 Å². The van der Waals surface area contributed by atoms with Crippen molar-refractivity contribution in [3.05, 3.63) is 53.6 Å². The van der Waals surface area contributed by atoms with Crippen molar-refractivity contribution in [2.45, 2.75) is 51.7 Å². The molecule has 0 aromatic heterocycles. The highest BCUT2D eigenvalue weighted by Gasteiger charge is 2.34. The van der Waals surface area contributed by atoms with Gasteiger partial charge in [-0.3, -0.25) is 4.79 Å². The zero-order chi connectivity index (χ0) is 20.6. The molecule has 0 aliphatic carbocycles. The summed E-state index contributed by atoms with van der Waals surface area (Å²) in [5, 5.41) is 7.29. The van der Waals surface area contributed by atoms with E-state index in [-0.39, 0.29) is 17.6 Å². The van der Waals surface area contributed by atoms with Crippen molar-refractivity contribution in [1.29, 1.82) is 0 Å². The molecule has 0 unspecified atom stereocenters. The first kappa shape index (κ1) is 19.7. The van der Waals surface area contributed by atoms with E-state index in [2.05, 4.69) is 49.6 Å². The van der Waals surface area contributed by atoms with Gasteiger partial charge in [-0.05, 0) is 75.3 Å². The highest BCUT2D eigenvalue weighted by atomic mass is 32.1. The molecule has 1 atom stereocenters. The maximum Gasteiger partial charge on any atom is 0.227 e. The second-order valence-corrected chi connectivity index (χ2v) is 8.86. The fourth-order valence-electron chi connectivity index (χ4n) is 4.06. The van der Waals surface area contributed by atoms with Gasteiger partial charge in [0.15, 0.2) is 5.11 Å². The molecule has 0 bridgehead atoms. The van der Waals surface area contributed by atoms with Crippen LogP contribution < -0.4 is 20.3 Å². The Labute approximate surface area is 177 Å². The van der Waals surface area contributed by atoms with E-state index in [1.807, 2.05) is 29.2 Å². The van der Waals surface area contributed by atoms with E-state index in [1.165, 1.54) is 5.56 Å². The minimum absolute atomic E-state index is 0.0795. The van der Waals surface area contributed by atoms with Crippen molar-refractivity contribution in [3.8, 4) is 5.75 Å². The van der Waals surface area contributed by atoms with Crippen molar-refractivity contribution >= 4 is 34.6 Å². The summed E-state index contributed by atoms with van der Waals surface area (Å²) in [6, 6.07) is 14.2. The quantitative estimate of drug-likeness (QED) is 0.719. The average molecular weight is 410 g/mol. The maximum atomic E-state index is 11.9. The average Bonchev–Trinajstić information content (AvgIpc) is 3.07.